The Morgan fingerprint density at radius 2 is 1.15 bits per heavy atom. The van der Waals surface area contributed by atoms with Gasteiger partial charge in [-0.15, -0.1) is 11.3 Å². The summed E-state index contributed by atoms with van der Waals surface area (Å²) >= 11 is 1.83. The lowest BCUT2D eigenvalue weighted by Gasteiger charge is -2.26. The number of rotatable bonds is 5. The van der Waals surface area contributed by atoms with Crippen LogP contribution in [0.15, 0.2) is 167 Å². The van der Waals surface area contributed by atoms with E-state index in [0.717, 1.165) is 61.2 Å². The summed E-state index contributed by atoms with van der Waals surface area (Å²) in [7, 11) is 0. The molecule has 0 atom stereocenters. The zero-order valence-electron chi connectivity index (χ0n) is 25.6. The zero-order chi connectivity index (χ0) is 31.6. The highest BCUT2D eigenvalue weighted by atomic mass is 32.1. The van der Waals surface area contributed by atoms with Crippen molar-refractivity contribution in [3.8, 4) is 22.6 Å². The van der Waals surface area contributed by atoms with Gasteiger partial charge in [-0.25, -0.2) is 4.98 Å². The fourth-order valence-electron chi connectivity index (χ4n) is 6.83. The van der Waals surface area contributed by atoms with E-state index in [0.29, 0.717) is 5.89 Å². The third-order valence-corrected chi connectivity index (χ3v) is 10.2. The Morgan fingerprint density at radius 3 is 2.02 bits per heavy atom. The molecule has 0 aliphatic carbocycles. The van der Waals surface area contributed by atoms with Crippen LogP contribution in [0.5, 0.6) is 0 Å². The molecule has 48 heavy (non-hydrogen) atoms. The minimum atomic E-state index is 0.597. The molecule has 226 valence electrons. The summed E-state index contributed by atoms with van der Waals surface area (Å²) in [5.74, 6) is 0.597. The topological polar surface area (TPSA) is 42.4 Å². The number of aromatic nitrogens is 1. The van der Waals surface area contributed by atoms with Gasteiger partial charge < -0.3 is 13.7 Å². The maximum Gasteiger partial charge on any atom is 0.227 e. The summed E-state index contributed by atoms with van der Waals surface area (Å²) < 4.78 is 15.4. The third-order valence-electron chi connectivity index (χ3n) is 9.08. The summed E-state index contributed by atoms with van der Waals surface area (Å²) in [6, 6.07) is 55.1. The molecule has 0 saturated heterocycles. The van der Waals surface area contributed by atoms with Gasteiger partial charge in [0.15, 0.2) is 5.58 Å². The van der Waals surface area contributed by atoms with Crippen molar-refractivity contribution in [2.24, 2.45) is 0 Å². The van der Waals surface area contributed by atoms with Crippen LogP contribution in [-0.2, 0) is 0 Å². The van der Waals surface area contributed by atoms with Crippen LogP contribution in [0.4, 0.5) is 17.1 Å². The van der Waals surface area contributed by atoms with E-state index < -0.39 is 0 Å². The Morgan fingerprint density at radius 1 is 0.458 bits per heavy atom. The smallest absolute Gasteiger partial charge is 0.227 e. The second-order valence-electron chi connectivity index (χ2n) is 12.0. The fraction of sp³-hybridized carbons (Fsp3) is 0. The molecule has 10 rings (SSSR count). The van der Waals surface area contributed by atoms with Crippen molar-refractivity contribution in [2.75, 3.05) is 4.90 Å². The molecule has 0 fully saturated rings. The van der Waals surface area contributed by atoms with E-state index in [1.165, 1.54) is 25.7 Å². The SMILES string of the molecule is c1ccc(-c2cccc(N(c3ccc4c(c3)sc3ccccc34)c3ccc4oc5ccc6nc(-c7ccccc7)oc6c5c4c3)c2)cc1. The molecular formula is C43H26N2O2S. The molecule has 4 nitrogen and oxygen atoms in total. The molecule has 0 aliphatic rings. The number of hydrogen-bond donors (Lipinski definition) is 0. The third kappa shape index (κ3) is 4.33. The Balaban J connectivity index is 1.19. The van der Waals surface area contributed by atoms with Crippen LogP contribution in [0.3, 0.4) is 0 Å². The summed E-state index contributed by atoms with van der Waals surface area (Å²) in [4.78, 5) is 7.18. The summed E-state index contributed by atoms with van der Waals surface area (Å²) in [5, 5.41) is 4.47. The average Bonchev–Trinajstić information content (AvgIpc) is 3.85. The monoisotopic (exact) mass is 634 g/mol. The van der Waals surface area contributed by atoms with Gasteiger partial charge in [0.25, 0.3) is 0 Å². The molecular weight excluding hydrogens is 609 g/mol. The summed E-state index contributed by atoms with van der Waals surface area (Å²) in [5.41, 5.74) is 9.57. The first-order valence-corrected chi connectivity index (χ1v) is 16.8. The molecule has 0 aliphatic heterocycles. The quantitative estimate of drug-likeness (QED) is 0.189. The van der Waals surface area contributed by atoms with E-state index in [9.17, 15) is 0 Å². The van der Waals surface area contributed by atoms with Gasteiger partial charge in [0.1, 0.15) is 16.7 Å². The molecule has 0 amide bonds. The molecule has 0 unspecified atom stereocenters. The second-order valence-corrected chi connectivity index (χ2v) is 13.1. The molecule has 3 heterocycles. The lowest BCUT2D eigenvalue weighted by Crippen LogP contribution is -2.09. The standard InChI is InChI=1S/C43H26N2O2S/c1-3-10-27(11-4-1)29-14-9-15-30(24-29)45(32-18-20-34-33-16-7-8-17-39(33)48-40(34)26-32)31-19-22-37-35(25-31)41-38(46-37)23-21-36-42(41)47-43(44-36)28-12-5-2-6-13-28/h1-26H. The van der Waals surface area contributed by atoms with E-state index >= 15 is 0 Å². The van der Waals surface area contributed by atoms with Crippen molar-refractivity contribution in [3.63, 3.8) is 0 Å². The molecule has 7 aromatic carbocycles. The van der Waals surface area contributed by atoms with Gasteiger partial charge in [-0.2, -0.15) is 0 Å². The molecule has 0 radical (unpaired) electrons. The maximum absolute atomic E-state index is 6.46. The molecule has 0 saturated carbocycles. The Labute approximate surface area is 279 Å². The predicted octanol–water partition coefficient (Wildman–Crippen LogP) is 12.9. The Hall–Kier alpha value is -6.17. The normalized spacial score (nSPS) is 11.8. The predicted molar refractivity (Wildman–Crippen MR) is 200 cm³/mol. The van der Waals surface area contributed by atoms with Crippen molar-refractivity contribution < 1.29 is 8.83 Å². The van der Waals surface area contributed by atoms with Gasteiger partial charge in [0, 0.05) is 48.2 Å². The number of furan rings is 1. The minimum Gasteiger partial charge on any atom is -0.456 e. The van der Waals surface area contributed by atoms with E-state index in [2.05, 4.69) is 120 Å². The molecule has 10 aromatic rings. The number of oxazole rings is 1. The van der Waals surface area contributed by atoms with Crippen LogP contribution in [0.25, 0.3) is 75.8 Å². The van der Waals surface area contributed by atoms with Gasteiger partial charge in [0.2, 0.25) is 5.89 Å². The van der Waals surface area contributed by atoms with Crippen molar-refractivity contribution in [1.29, 1.82) is 0 Å². The molecule has 0 bridgehead atoms. The Bertz CT molecular complexity index is 2790. The van der Waals surface area contributed by atoms with Crippen molar-refractivity contribution in [3.05, 3.63) is 158 Å². The number of fused-ring (bicyclic) bond motifs is 8. The summed E-state index contributed by atoms with van der Waals surface area (Å²) in [6.45, 7) is 0. The van der Waals surface area contributed by atoms with Crippen molar-refractivity contribution in [2.45, 2.75) is 0 Å². The highest BCUT2D eigenvalue weighted by Gasteiger charge is 2.20. The van der Waals surface area contributed by atoms with Gasteiger partial charge >= 0.3 is 0 Å². The van der Waals surface area contributed by atoms with Crippen LogP contribution in [-0.4, -0.2) is 4.98 Å². The number of anilines is 3. The van der Waals surface area contributed by atoms with E-state index in [1.54, 1.807) is 0 Å². The highest BCUT2D eigenvalue weighted by Crippen LogP contribution is 2.44. The first-order chi connectivity index (χ1) is 23.8. The van der Waals surface area contributed by atoms with Gasteiger partial charge in [-0.1, -0.05) is 84.9 Å². The second kappa shape index (κ2) is 10.7. The van der Waals surface area contributed by atoms with Crippen molar-refractivity contribution >= 4 is 81.6 Å². The van der Waals surface area contributed by atoms with Crippen LogP contribution in [0.1, 0.15) is 0 Å². The van der Waals surface area contributed by atoms with Crippen LogP contribution in [0, 0.1) is 0 Å². The number of hydrogen-bond acceptors (Lipinski definition) is 5. The maximum atomic E-state index is 6.46. The van der Waals surface area contributed by atoms with Gasteiger partial charge in [-0.3, -0.25) is 0 Å². The molecule has 0 N–H and O–H groups in total. The van der Waals surface area contributed by atoms with Gasteiger partial charge in [-0.05, 0) is 83.9 Å². The van der Waals surface area contributed by atoms with E-state index in [-0.39, 0.29) is 0 Å². The molecule has 0 spiro atoms. The van der Waals surface area contributed by atoms with Crippen LogP contribution < -0.4 is 4.90 Å². The lowest BCUT2D eigenvalue weighted by atomic mass is 10.0. The summed E-state index contributed by atoms with van der Waals surface area (Å²) in [6.07, 6.45) is 0. The van der Waals surface area contributed by atoms with E-state index in [1.807, 2.05) is 53.8 Å². The molecule has 3 aromatic heterocycles. The highest BCUT2D eigenvalue weighted by molar-refractivity contribution is 7.25. The minimum absolute atomic E-state index is 0.597. The van der Waals surface area contributed by atoms with Crippen LogP contribution >= 0.6 is 11.3 Å². The van der Waals surface area contributed by atoms with Crippen molar-refractivity contribution in [1.82, 2.24) is 4.98 Å². The van der Waals surface area contributed by atoms with E-state index in [4.69, 9.17) is 13.8 Å². The molecule has 5 heteroatoms. The zero-order valence-corrected chi connectivity index (χ0v) is 26.4. The first-order valence-electron chi connectivity index (χ1n) is 15.9. The number of benzene rings is 7. The number of nitrogens with zero attached hydrogens (tertiary/aromatic N) is 2. The van der Waals surface area contributed by atoms with Gasteiger partial charge in [0.05, 0.1) is 5.39 Å². The average molecular weight is 635 g/mol. The number of thiophene rings is 1. The first kappa shape index (κ1) is 27.0. The Kier molecular flexibility index (Phi) is 6.01. The lowest BCUT2D eigenvalue weighted by molar-refractivity contribution is 0.622. The largest absolute Gasteiger partial charge is 0.456 e. The van der Waals surface area contributed by atoms with Crippen LogP contribution in [0.2, 0.25) is 0 Å². The fourth-order valence-corrected chi connectivity index (χ4v) is 7.97.